The number of carbonyl (C=O) groups is 1. The Bertz CT molecular complexity index is 1210. The average molecular weight is 472 g/mol. The molecule has 2 heterocycles. The molecule has 0 aliphatic carbocycles. The number of carbonyl (C=O) groups excluding carboxylic acids is 1. The second-order valence-corrected chi connectivity index (χ2v) is 10.4. The molecular formula is C23H22ClN3O2S2. The van der Waals surface area contributed by atoms with Crippen molar-refractivity contribution in [1.29, 1.82) is 0 Å². The van der Waals surface area contributed by atoms with Crippen molar-refractivity contribution in [3.63, 3.8) is 0 Å². The van der Waals surface area contributed by atoms with Crippen molar-refractivity contribution in [2.75, 3.05) is 11.1 Å². The Balaban J connectivity index is 1.61. The van der Waals surface area contributed by atoms with Gasteiger partial charge in [-0.25, -0.2) is 4.98 Å². The first kappa shape index (κ1) is 22.0. The summed E-state index contributed by atoms with van der Waals surface area (Å²) in [6.07, 6.45) is 0.756. The van der Waals surface area contributed by atoms with Crippen LogP contribution in [0.3, 0.4) is 0 Å². The Morgan fingerprint density at radius 3 is 2.71 bits per heavy atom. The third-order valence-electron chi connectivity index (χ3n) is 4.96. The van der Waals surface area contributed by atoms with Crippen LogP contribution >= 0.6 is 35.1 Å². The SMILES string of the molecule is Cc1ccc(-n2c(SCC(=O)Nc3ccc(C)c(Cl)c3)nc3c(c2=O)SC(C)C3)cc1. The fourth-order valence-electron chi connectivity index (χ4n) is 3.32. The number of benzene rings is 2. The summed E-state index contributed by atoms with van der Waals surface area (Å²) in [5.74, 6) is -0.0523. The van der Waals surface area contributed by atoms with Gasteiger partial charge in [0.05, 0.1) is 22.0 Å². The zero-order valence-electron chi connectivity index (χ0n) is 17.4. The van der Waals surface area contributed by atoms with Gasteiger partial charge < -0.3 is 5.32 Å². The van der Waals surface area contributed by atoms with Crippen LogP contribution in [0.15, 0.2) is 57.3 Å². The molecule has 160 valence electrons. The van der Waals surface area contributed by atoms with Crippen molar-refractivity contribution in [1.82, 2.24) is 9.55 Å². The quantitative estimate of drug-likeness (QED) is 0.405. The van der Waals surface area contributed by atoms with Gasteiger partial charge in [0.2, 0.25) is 5.91 Å². The predicted molar refractivity (Wildman–Crippen MR) is 129 cm³/mol. The number of fused-ring (bicyclic) bond motifs is 1. The van der Waals surface area contributed by atoms with E-state index in [0.717, 1.165) is 28.9 Å². The lowest BCUT2D eigenvalue weighted by Gasteiger charge is -2.14. The normalized spacial score (nSPS) is 15.0. The van der Waals surface area contributed by atoms with Gasteiger partial charge in [-0.1, -0.05) is 54.0 Å². The van der Waals surface area contributed by atoms with Gasteiger partial charge in [-0.2, -0.15) is 0 Å². The van der Waals surface area contributed by atoms with Crippen LogP contribution in [0.5, 0.6) is 0 Å². The Morgan fingerprint density at radius 1 is 1.26 bits per heavy atom. The topological polar surface area (TPSA) is 64.0 Å². The third-order valence-corrected chi connectivity index (χ3v) is 7.52. The van der Waals surface area contributed by atoms with E-state index in [2.05, 4.69) is 12.2 Å². The van der Waals surface area contributed by atoms with Crippen LogP contribution in [-0.4, -0.2) is 26.5 Å². The molecule has 1 amide bonds. The van der Waals surface area contributed by atoms with E-state index in [9.17, 15) is 9.59 Å². The molecule has 0 saturated carbocycles. The van der Waals surface area contributed by atoms with Crippen molar-refractivity contribution in [3.05, 3.63) is 74.7 Å². The highest BCUT2D eigenvalue weighted by molar-refractivity contribution is 8.00. The smallest absolute Gasteiger partial charge is 0.272 e. The number of thioether (sulfide) groups is 2. The number of aryl methyl sites for hydroxylation is 2. The molecule has 0 saturated heterocycles. The second kappa shape index (κ2) is 9.10. The van der Waals surface area contributed by atoms with Gasteiger partial charge in [0, 0.05) is 22.4 Å². The van der Waals surface area contributed by atoms with Crippen molar-refractivity contribution < 1.29 is 4.79 Å². The molecule has 0 fully saturated rings. The molecular weight excluding hydrogens is 450 g/mol. The number of amides is 1. The average Bonchev–Trinajstić information content (AvgIpc) is 3.11. The molecule has 3 aromatic rings. The van der Waals surface area contributed by atoms with Gasteiger partial charge in [0.25, 0.3) is 5.56 Å². The highest BCUT2D eigenvalue weighted by atomic mass is 35.5. The van der Waals surface area contributed by atoms with E-state index in [0.29, 0.717) is 26.0 Å². The van der Waals surface area contributed by atoms with Gasteiger partial charge >= 0.3 is 0 Å². The molecule has 0 spiro atoms. The van der Waals surface area contributed by atoms with E-state index >= 15 is 0 Å². The third kappa shape index (κ3) is 4.84. The highest BCUT2D eigenvalue weighted by Crippen LogP contribution is 2.35. The number of rotatable bonds is 5. The van der Waals surface area contributed by atoms with E-state index in [4.69, 9.17) is 16.6 Å². The molecule has 2 aromatic carbocycles. The summed E-state index contributed by atoms with van der Waals surface area (Å²) in [6.45, 7) is 6.00. The fourth-order valence-corrected chi connectivity index (χ4v) is 5.42. The lowest BCUT2D eigenvalue weighted by atomic mass is 10.2. The first-order valence-corrected chi connectivity index (χ1v) is 12.1. The number of aromatic nitrogens is 2. The van der Waals surface area contributed by atoms with E-state index in [1.807, 2.05) is 50.2 Å². The molecule has 1 atom stereocenters. The monoisotopic (exact) mass is 471 g/mol. The van der Waals surface area contributed by atoms with Crippen molar-refractivity contribution in [2.45, 2.75) is 42.5 Å². The zero-order chi connectivity index (χ0) is 22.1. The minimum Gasteiger partial charge on any atom is -0.325 e. The Kier molecular flexibility index (Phi) is 6.46. The first-order chi connectivity index (χ1) is 14.8. The summed E-state index contributed by atoms with van der Waals surface area (Å²) < 4.78 is 1.62. The summed E-state index contributed by atoms with van der Waals surface area (Å²) in [6, 6.07) is 13.2. The lowest BCUT2D eigenvalue weighted by Crippen LogP contribution is -2.24. The zero-order valence-corrected chi connectivity index (χ0v) is 19.8. The summed E-state index contributed by atoms with van der Waals surface area (Å²) in [7, 11) is 0. The fraction of sp³-hybridized carbons (Fsp3) is 0.261. The van der Waals surface area contributed by atoms with E-state index in [1.54, 1.807) is 22.4 Å². The lowest BCUT2D eigenvalue weighted by molar-refractivity contribution is -0.113. The summed E-state index contributed by atoms with van der Waals surface area (Å²) in [5, 5.41) is 4.30. The number of halogens is 1. The van der Waals surface area contributed by atoms with E-state index < -0.39 is 0 Å². The maximum atomic E-state index is 13.3. The molecule has 4 rings (SSSR count). The molecule has 0 bridgehead atoms. The van der Waals surface area contributed by atoms with Crippen LogP contribution in [0.25, 0.3) is 5.69 Å². The van der Waals surface area contributed by atoms with Gasteiger partial charge in [-0.05, 0) is 43.7 Å². The first-order valence-electron chi connectivity index (χ1n) is 9.90. The van der Waals surface area contributed by atoms with Crippen LogP contribution in [0.4, 0.5) is 5.69 Å². The number of nitrogens with one attached hydrogen (secondary N) is 1. The van der Waals surface area contributed by atoms with Gasteiger partial charge in [0.15, 0.2) is 5.16 Å². The second-order valence-electron chi connectivity index (χ2n) is 7.58. The predicted octanol–water partition coefficient (Wildman–Crippen LogP) is 5.27. The van der Waals surface area contributed by atoms with Gasteiger partial charge in [0.1, 0.15) is 0 Å². The van der Waals surface area contributed by atoms with Crippen molar-refractivity contribution >= 4 is 46.7 Å². The molecule has 31 heavy (non-hydrogen) atoms. The van der Waals surface area contributed by atoms with Crippen LogP contribution < -0.4 is 10.9 Å². The summed E-state index contributed by atoms with van der Waals surface area (Å²) in [5.41, 5.74) is 4.20. The van der Waals surface area contributed by atoms with E-state index in [-0.39, 0.29) is 17.2 Å². The molecule has 1 aliphatic heterocycles. The minimum atomic E-state index is -0.183. The molecule has 1 unspecified atom stereocenters. The maximum absolute atomic E-state index is 13.3. The highest BCUT2D eigenvalue weighted by Gasteiger charge is 2.27. The van der Waals surface area contributed by atoms with Crippen LogP contribution in [0, 0.1) is 13.8 Å². The Morgan fingerprint density at radius 2 is 2.00 bits per heavy atom. The number of hydrogen-bond donors (Lipinski definition) is 1. The number of hydrogen-bond acceptors (Lipinski definition) is 5. The number of nitrogens with zero attached hydrogens (tertiary/aromatic N) is 2. The van der Waals surface area contributed by atoms with Crippen LogP contribution in [0.1, 0.15) is 23.7 Å². The molecule has 8 heteroatoms. The Labute approximate surface area is 194 Å². The van der Waals surface area contributed by atoms with Crippen molar-refractivity contribution in [2.24, 2.45) is 0 Å². The molecule has 1 aliphatic rings. The maximum Gasteiger partial charge on any atom is 0.272 e. The number of anilines is 1. The molecule has 0 radical (unpaired) electrons. The molecule has 1 aromatic heterocycles. The summed E-state index contributed by atoms with van der Waals surface area (Å²) in [4.78, 5) is 31.3. The summed E-state index contributed by atoms with van der Waals surface area (Å²) >= 11 is 8.98. The van der Waals surface area contributed by atoms with E-state index in [1.165, 1.54) is 11.8 Å². The Hall–Kier alpha value is -2.22. The van der Waals surface area contributed by atoms with Crippen LogP contribution in [-0.2, 0) is 11.2 Å². The standard InChI is InChI=1S/C23H22ClN3O2S2/c1-13-4-8-17(9-5-13)27-22(29)21-19(10-15(3)31-21)26-23(27)30-12-20(28)25-16-7-6-14(2)18(24)11-16/h4-9,11,15H,10,12H2,1-3H3,(H,25,28). The van der Waals surface area contributed by atoms with Gasteiger partial charge in [-0.3, -0.25) is 14.2 Å². The molecule has 1 N–H and O–H groups in total. The van der Waals surface area contributed by atoms with Gasteiger partial charge in [-0.15, -0.1) is 11.8 Å². The minimum absolute atomic E-state index is 0.0728. The largest absolute Gasteiger partial charge is 0.325 e. The molecule has 5 nitrogen and oxygen atoms in total. The van der Waals surface area contributed by atoms with Crippen molar-refractivity contribution in [3.8, 4) is 5.69 Å². The van der Waals surface area contributed by atoms with Crippen LogP contribution in [0.2, 0.25) is 5.02 Å².